The van der Waals surface area contributed by atoms with Gasteiger partial charge >= 0.3 is 0 Å². The van der Waals surface area contributed by atoms with Crippen LogP contribution in [0.5, 0.6) is 0 Å². The zero-order valence-corrected chi connectivity index (χ0v) is 12.4. The van der Waals surface area contributed by atoms with Crippen LogP contribution in [0.15, 0.2) is 35.1 Å². The number of amides is 1. The van der Waals surface area contributed by atoms with E-state index in [0.717, 1.165) is 23.7 Å². The van der Waals surface area contributed by atoms with Gasteiger partial charge in [-0.3, -0.25) is 9.59 Å². The third kappa shape index (κ3) is 2.97. The Morgan fingerprint density at radius 3 is 2.57 bits per heavy atom. The first kappa shape index (κ1) is 15.3. The van der Waals surface area contributed by atoms with Crippen molar-refractivity contribution >= 4 is 16.8 Å². The highest BCUT2D eigenvalue weighted by Gasteiger charge is 2.27. The van der Waals surface area contributed by atoms with E-state index in [1.165, 1.54) is 0 Å². The standard InChI is InChI=1S/C16H21N3O2/c1-3-16(4-2,10-17)19-15(21)12-9-11-7-5-6-8-13(11)18-14(12)20/h5-9H,3-4,10,17H2,1-2H3,(H,18,20)(H,19,21). The van der Waals surface area contributed by atoms with Crippen LogP contribution < -0.4 is 16.6 Å². The molecule has 1 aromatic carbocycles. The molecular weight excluding hydrogens is 266 g/mol. The van der Waals surface area contributed by atoms with Crippen LogP contribution >= 0.6 is 0 Å². The number of aromatic nitrogens is 1. The molecule has 0 saturated carbocycles. The van der Waals surface area contributed by atoms with Gasteiger partial charge in [-0.1, -0.05) is 32.0 Å². The molecule has 0 atom stereocenters. The summed E-state index contributed by atoms with van der Waals surface area (Å²) in [7, 11) is 0. The lowest BCUT2D eigenvalue weighted by molar-refractivity contribution is 0.0894. The zero-order chi connectivity index (χ0) is 15.5. The summed E-state index contributed by atoms with van der Waals surface area (Å²) in [6, 6.07) is 8.99. The highest BCUT2D eigenvalue weighted by molar-refractivity contribution is 5.97. The largest absolute Gasteiger partial charge is 0.345 e. The number of para-hydroxylation sites is 1. The summed E-state index contributed by atoms with van der Waals surface area (Å²) >= 11 is 0. The van der Waals surface area contributed by atoms with Crippen molar-refractivity contribution in [1.82, 2.24) is 10.3 Å². The average Bonchev–Trinajstić information content (AvgIpc) is 2.52. The van der Waals surface area contributed by atoms with E-state index in [4.69, 9.17) is 5.73 Å². The van der Waals surface area contributed by atoms with Crippen LogP contribution in [0.2, 0.25) is 0 Å². The minimum absolute atomic E-state index is 0.119. The molecule has 0 saturated heterocycles. The second-order valence-electron chi connectivity index (χ2n) is 5.25. The van der Waals surface area contributed by atoms with Crippen molar-refractivity contribution < 1.29 is 4.79 Å². The van der Waals surface area contributed by atoms with Gasteiger partial charge < -0.3 is 16.0 Å². The minimum atomic E-state index is -0.463. The second kappa shape index (κ2) is 6.10. The van der Waals surface area contributed by atoms with E-state index in [9.17, 15) is 9.59 Å². The average molecular weight is 287 g/mol. The van der Waals surface area contributed by atoms with Gasteiger partial charge in [0.25, 0.3) is 11.5 Å². The van der Waals surface area contributed by atoms with E-state index >= 15 is 0 Å². The highest BCUT2D eigenvalue weighted by atomic mass is 16.2. The number of hydrogen-bond acceptors (Lipinski definition) is 3. The Balaban J connectivity index is 2.39. The number of nitrogens with two attached hydrogens (primary N) is 1. The molecule has 0 aliphatic carbocycles. The maximum atomic E-state index is 12.4. The fraction of sp³-hybridized carbons (Fsp3) is 0.375. The molecule has 0 unspecified atom stereocenters. The van der Waals surface area contributed by atoms with Crippen LogP contribution in [0.3, 0.4) is 0 Å². The van der Waals surface area contributed by atoms with E-state index in [-0.39, 0.29) is 17.0 Å². The molecule has 4 N–H and O–H groups in total. The van der Waals surface area contributed by atoms with Crippen LogP contribution in [0, 0.1) is 0 Å². The summed E-state index contributed by atoms with van der Waals surface area (Å²) in [5.41, 5.74) is 5.77. The van der Waals surface area contributed by atoms with Crippen molar-refractivity contribution in [3.05, 3.63) is 46.2 Å². The summed E-state index contributed by atoms with van der Waals surface area (Å²) in [5, 5.41) is 3.74. The fourth-order valence-electron chi connectivity index (χ4n) is 2.39. The first-order chi connectivity index (χ1) is 10.0. The van der Waals surface area contributed by atoms with Gasteiger partial charge in [0.2, 0.25) is 0 Å². The lowest BCUT2D eigenvalue weighted by Crippen LogP contribution is -2.53. The molecule has 5 heteroatoms. The normalized spacial score (nSPS) is 11.6. The molecule has 0 fully saturated rings. The van der Waals surface area contributed by atoms with Crippen LogP contribution in [-0.4, -0.2) is 23.0 Å². The van der Waals surface area contributed by atoms with Crippen LogP contribution in [0.25, 0.3) is 10.9 Å². The Morgan fingerprint density at radius 1 is 1.29 bits per heavy atom. The number of benzene rings is 1. The number of nitrogens with one attached hydrogen (secondary N) is 2. The molecule has 1 aromatic heterocycles. The molecule has 2 rings (SSSR count). The molecule has 112 valence electrons. The Hall–Kier alpha value is -2.14. The van der Waals surface area contributed by atoms with Crippen molar-refractivity contribution in [3.8, 4) is 0 Å². The van der Waals surface area contributed by atoms with Crippen LogP contribution in [-0.2, 0) is 0 Å². The van der Waals surface area contributed by atoms with Crippen LogP contribution in [0.4, 0.5) is 0 Å². The summed E-state index contributed by atoms with van der Waals surface area (Å²) < 4.78 is 0. The maximum Gasteiger partial charge on any atom is 0.261 e. The molecule has 0 spiro atoms. The zero-order valence-electron chi connectivity index (χ0n) is 12.4. The number of aromatic amines is 1. The van der Waals surface area contributed by atoms with Gasteiger partial charge in [0, 0.05) is 12.1 Å². The number of carbonyl (C=O) groups is 1. The number of rotatable bonds is 5. The number of pyridine rings is 1. The van der Waals surface area contributed by atoms with E-state index in [0.29, 0.717) is 6.54 Å². The van der Waals surface area contributed by atoms with Gasteiger partial charge in [-0.15, -0.1) is 0 Å². The molecule has 1 heterocycles. The van der Waals surface area contributed by atoms with E-state index in [1.54, 1.807) is 12.1 Å². The maximum absolute atomic E-state index is 12.4. The third-order valence-corrected chi connectivity index (χ3v) is 4.12. The highest BCUT2D eigenvalue weighted by Crippen LogP contribution is 2.15. The Bertz CT molecular complexity index is 694. The smallest absolute Gasteiger partial charge is 0.261 e. The van der Waals surface area contributed by atoms with Gasteiger partial charge in [0.1, 0.15) is 5.56 Å². The summed E-state index contributed by atoms with van der Waals surface area (Å²) in [6.45, 7) is 4.29. The molecule has 1 amide bonds. The molecule has 0 radical (unpaired) electrons. The monoisotopic (exact) mass is 287 g/mol. The minimum Gasteiger partial charge on any atom is -0.345 e. The summed E-state index contributed by atoms with van der Waals surface area (Å²) in [4.78, 5) is 27.2. The molecule has 2 aromatic rings. The lowest BCUT2D eigenvalue weighted by atomic mass is 9.92. The topological polar surface area (TPSA) is 88.0 Å². The predicted octanol–water partition coefficient (Wildman–Crippen LogP) is 1.78. The Kier molecular flexibility index (Phi) is 4.43. The fourth-order valence-corrected chi connectivity index (χ4v) is 2.39. The quantitative estimate of drug-likeness (QED) is 0.783. The summed E-state index contributed by atoms with van der Waals surface area (Å²) in [6.07, 6.45) is 1.44. The first-order valence-corrected chi connectivity index (χ1v) is 7.20. The van der Waals surface area contributed by atoms with Crippen molar-refractivity contribution in [2.75, 3.05) is 6.54 Å². The van der Waals surface area contributed by atoms with Crippen LogP contribution in [0.1, 0.15) is 37.0 Å². The van der Waals surface area contributed by atoms with Crippen molar-refractivity contribution in [2.24, 2.45) is 5.73 Å². The Labute approximate surface area is 123 Å². The number of H-pyrrole nitrogens is 1. The van der Waals surface area contributed by atoms with Crippen molar-refractivity contribution in [3.63, 3.8) is 0 Å². The van der Waals surface area contributed by atoms with Gasteiger partial charge in [0.15, 0.2) is 0 Å². The lowest BCUT2D eigenvalue weighted by Gasteiger charge is -2.31. The van der Waals surface area contributed by atoms with Crippen molar-refractivity contribution in [1.29, 1.82) is 0 Å². The third-order valence-electron chi connectivity index (χ3n) is 4.12. The first-order valence-electron chi connectivity index (χ1n) is 7.20. The second-order valence-corrected chi connectivity index (χ2v) is 5.25. The Morgan fingerprint density at radius 2 is 1.95 bits per heavy atom. The predicted molar refractivity (Wildman–Crippen MR) is 84.4 cm³/mol. The van der Waals surface area contributed by atoms with Crippen molar-refractivity contribution in [2.45, 2.75) is 32.2 Å². The van der Waals surface area contributed by atoms with E-state index < -0.39 is 5.54 Å². The number of carbonyl (C=O) groups excluding carboxylic acids is 1. The summed E-state index contributed by atoms with van der Waals surface area (Å²) in [5.74, 6) is -0.379. The number of hydrogen-bond donors (Lipinski definition) is 3. The molecule has 21 heavy (non-hydrogen) atoms. The van der Waals surface area contributed by atoms with Gasteiger partial charge in [-0.05, 0) is 30.4 Å². The molecule has 0 bridgehead atoms. The van der Waals surface area contributed by atoms with E-state index in [1.807, 2.05) is 32.0 Å². The SMILES string of the molecule is CCC(CC)(CN)NC(=O)c1cc2ccccc2[nH]c1=O. The molecular formula is C16H21N3O2. The number of fused-ring (bicyclic) bond motifs is 1. The van der Waals surface area contributed by atoms with Gasteiger partial charge in [-0.25, -0.2) is 0 Å². The molecule has 0 aliphatic heterocycles. The molecule has 0 aliphatic rings. The van der Waals surface area contributed by atoms with Gasteiger partial charge in [0.05, 0.1) is 5.54 Å². The van der Waals surface area contributed by atoms with E-state index in [2.05, 4.69) is 10.3 Å². The van der Waals surface area contributed by atoms with Gasteiger partial charge in [-0.2, -0.15) is 0 Å². The molecule has 5 nitrogen and oxygen atoms in total.